The zero-order valence-corrected chi connectivity index (χ0v) is 7.51. The normalized spacial score (nSPS) is 10.2. The quantitative estimate of drug-likeness (QED) is 0.601. The number of furan rings is 1. The zero-order valence-electron chi connectivity index (χ0n) is 6.69. The van der Waals surface area contributed by atoms with Gasteiger partial charge in [-0.05, 0) is 6.07 Å². The Morgan fingerprint density at radius 3 is 3.00 bits per heavy atom. The summed E-state index contributed by atoms with van der Waals surface area (Å²) in [6.45, 7) is 0. The third-order valence-electron chi connectivity index (χ3n) is 1.63. The van der Waals surface area contributed by atoms with Gasteiger partial charge in [0.2, 0.25) is 5.88 Å². The van der Waals surface area contributed by atoms with Crippen molar-refractivity contribution in [3.63, 3.8) is 0 Å². The number of nitrogens with one attached hydrogen (secondary N) is 1. The van der Waals surface area contributed by atoms with Gasteiger partial charge in [0.05, 0.1) is 0 Å². The van der Waals surface area contributed by atoms with Crippen LogP contribution in [0.3, 0.4) is 0 Å². The summed E-state index contributed by atoms with van der Waals surface area (Å²) in [4.78, 5) is 10.1. The van der Waals surface area contributed by atoms with E-state index in [1.165, 1.54) is 0 Å². The summed E-state index contributed by atoms with van der Waals surface area (Å²) < 4.78 is 8.14. The first-order valence-corrected chi connectivity index (χ1v) is 4.62. The van der Waals surface area contributed by atoms with Crippen molar-refractivity contribution < 1.29 is 9.21 Å². The number of benzene rings is 1. The average molecular weight is 193 g/mol. The molecule has 0 aliphatic rings. The summed E-state index contributed by atoms with van der Waals surface area (Å²) in [6, 6.07) is 9.53. The standard InChI is InChI=1S/C9H7NO2S/c11-6-13-10-9-5-7-3-1-2-4-8(7)12-9/h1-6,10H. The second-order valence-electron chi connectivity index (χ2n) is 2.46. The van der Waals surface area contributed by atoms with Crippen LogP contribution in [-0.4, -0.2) is 5.62 Å². The summed E-state index contributed by atoms with van der Waals surface area (Å²) in [7, 11) is 0. The van der Waals surface area contributed by atoms with Crippen LogP contribution in [-0.2, 0) is 4.79 Å². The third kappa shape index (κ3) is 1.67. The number of para-hydroxylation sites is 1. The van der Waals surface area contributed by atoms with Crippen LogP contribution in [0.5, 0.6) is 0 Å². The molecule has 2 aromatic rings. The van der Waals surface area contributed by atoms with Gasteiger partial charge in [0, 0.05) is 23.4 Å². The summed E-state index contributed by atoms with van der Waals surface area (Å²) in [5.74, 6) is 0.596. The van der Waals surface area contributed by atoms with Crippen molar-refractivity contribution in [2.75, 3.05) is 4.72 Å². The Bertz CT molecular complexity index is 391. The summed E-state index contributed by atoms with van der Waals surface area (Å²) in [6.07, 6.45) is 0. The van der Waals surface area contributed by atoms with E-state index in [-0.39, 0.29) is 0 Å². The summed E-state index contributed by atoms with van der Waals surface area (Å²) in [5.41, 5.74) is 1.53. The molecule has 1 heterocycles. The Balaban J connectivity index is 2.32. The molecule has 1 N–H and O–H groups in total. The van der Waals surface area contributed by atoms with Gasteiger partial charge in [0.25, 0.3) is 0 Å². The number of carbonyl (C=O) groups is 1. The molecule has 3 nitrogen and oxygen atoms in total. The second-order valence-corrected chi connectivity index (χ2v) is 3.10. The SMILES string of the molecule is O=CSNc1cc2ccccc2o1. The number of hydrogen-bond donors (Lipinski definition) is 1. The Morgan fingerprint density at radius 2 is 2.23 bits per heavy atom. The van der Waals surface area contributed by atoms with Gasteiger partial charge in [-0.3, -0.25) is 9.52 Å². The average Bonchev–Trinajstić information content (AvgIpc) is 2.57. The predicted octanol–water partition coefficient (Wildman–Crippen LogP) is 2.68. The molecular weight excluding hydrogens is 186 g/mol. The molecular formula is C9H7NO2S. The minimum absolute atomic E-state index is 0.596. The Labute approximate surface area is 79.2 Å². The number of fused-ring (bicyclic) bond motifs is 1. The highest BCUT2D eigenvalue weighted by Crippen LogP contribution is 2.23. The van der Waals surface area contributed by atoms with E-state index in [4.69, 9.17) is 4.42 Å². The molecule has 1 aromatic carbocycles. The second kappa shape index (κ2) is 3.53. The van der Waals surface area contributed by atoms with Crippen LogP contribution < -0.4 is 4.72 Å². The molecule has 2 rings (SSSR count). The fraction of sp³-hybridized carbons (Fsp3) is 0. The van der Waals surface area contributed by atoms with E-state index in [0.717, 1.165) is 22.9 Å². The third-order valence-corrected chi connectivity index (χ3v) is 2.05. The van der Waals surface area contributed by atoms with Gasteiger partial charge in [-0.15, -0.1) is 0 Å². The summed E-state index contributed by atoms with van der Waals surface area (Å²) in [5, 5.41) is 1.02. The molecule has 0 unspecified atom stereocenters. The Morgan fingerprint density at radius 1 is 1.38 bits per heavy atom. The van der Waals surface area contributed by atoms with Gasteiger partial charge in [-0.1, -0.05) is 18.2 Å². The zero-order chi connectivity index (χ0) is 9.10. The molecule has 0 amide bonds. The smallest absolute Gasteiger partial charge is 0.204 e. The molecule has 0 fully saturated rings. The molecule has 4 heteroatoms. The lowest BCUT2D eigenvalue weighted by atomic mass is 10.3. The minimum Gasteiger partial charge on any atom is -0.440 e. The van der Waals surface area contributed by atoms with Crippen molar-refractivity contribution in [3.8, 4) is 0 Å². The highest BCUT2D eigenvalue weighted by molar-refractivity contribution is 8.12. The van der Waals surface area contributed by atoms with E-state index in [2.05, 4.69) is 4.72 Å². The van der Waals surface area contributed by atoms with Gasteiger partial charge in [-0.2, -0.15) is 0 Å². The van der Waals surface area contributed by atoms with Gasteiger partial charge in [-0.25, -0.2) is 0 Å². The predicted molar refractivity (Wildman–Crippen MR) is 54.2 cm³/mol. The van der Waals surface area contributed by atoms with E-state index in [9.17, 15) is 4.79 Å². The number of carbonyl (C=O) groups excluding carboxylic acids is 1. The van der Waals surface area contributed by atoms with Crippen molar-refractivity contribution in [2.24, 2.45) is 0 Å². The molecule has 0 saturated heterocycles. The first-order chi connectivity index (χ1) is 6.40. The fourth-order valence-electron chi connectivity index (χ4n) is 1.11. The van der Waals surface area contributed by atoms with Gasteiger partial charge >= 0.3 is 0 Å². The molecule has 0 aliphatic carbocycles. The van der Waals surface area contributed by atoms with Crippen molar-refractivity contribution in [1.29, 1.82) is 0 Å². The maximum absolute atomic E-state index is 10.1. The molecule has 0 spiro atoms. The van der Waals surface area contributed by atoms with E-state index in [1.807, 2.05) is 30.3 Å². The number of hydrogen-bond acceptors (Lipinski definition) is 4. The summed E-state index contributed by atoms with van der Waals surface area (Å²) >= 11 is 0.952. The van der Waals surface area contributed by atoms with E-state index < -0.39 is 0 Å². The van der Waals surface area contributed by atoms with Crippen LogP contribution in [0, 0.1) is 0 Å². The largest absolute Gasteiger partial charge is 0.440 e. The lowest BCUT2D eigenvalue weighted by Gasteiger charge is -1.91. The molecule has 0 radical (unpaired) electrons. The highest BCUT2D eigenvalue weighted by Gasteiger charge is 2.00. The van der Waals surface area contributed by atoms with Crippen LogP contribution in [0.1, 0.15) is 0 Å². The van der Waals surface area contributed by atoms with Gasteiger partial charge in [0.1, 0.15) is 5.58 Å². The van der Waals surface area contributed by atoms with Crippen molar-refractivity contribution in [2.45, 2.75) is 0 Å². The van der Waals surface area contributed by atoms with E-state index >= 15 is 0 Å². The lowest BCUT2D eigenvalue weighted by Crippen LogP contribution is -1.80. The number of anilines is 1. The maximum atomic E-state index is 10.1. The van der Waals surface area contributed by atoms with Crippen LogP contribution in [0.15, 0.2) is 34.7 Å². The van der Waals surface area contributed by atoms with Crippen LogP contribution >= 0.6 is 11.9 Å². The highest BCUT2D eigenvalue weighted by atomic mass is 32.2. The van der Waals surface area contributed by atoms with Crippen molar-refractivity contribution in [3.05, 3.63) is 30.3 Å². The molecule has 0 aliphatic heterocycles. The van der Waals surface area contributed by atoms with E-state index in [0.29, 0.717) is 11.5 Å². The van der Waals surface area contributed by atoms with Crippen LogP contribution in [0.4, 0.5) is 5.88 Å². The monoisotopic (exact) mass is 193 g/mol. The minimum atomic E-state index is 0.596. The van der Waals surface area contributed by atoms with Crippen molar-refractivity contribution >= 4 is 34.4 Å². The molecule has 66 valence electrons. The Kier molecular flexibility index (Phi) is 2.23. The van der Waals surface area contributed by atoms with Crippen LogP contribution in [0.25, 0.3) is 11.0 Å². The molecule has 1 aromatic heterocycles. The first-order valence-electron chi connectivity index (χ1n) is 3.74. The molecule has 0 bridgehead atoms. The Hall–Kier alpha value is -1.42. The van der Waals surface area contributed by atoms with Gasteiger partial charge < -0.3 is 4.42 Å². The van der Waals surface area contributed by atoms with Crippen molar-refractivity contribution in [1.82, 2.24) is 0 Å². The van der Waals surface area contributed by atoms with Crippen LogP contribution in [0.2, 0.25) is 0 Å². The van der Waals surface area contributed by atoms with E-state index in [1.54, 1.807) is 0 Å². The molecule has 13 heavy (non-hydrogen) atoms. The first kappa shape index (κ1) is 8.19. The topological polar surface area (TPSA) is 42.2 Å². The molecule has 0 saturated carbocycles. The lowest BCUT2D eigenvalue weighted by molar-refractivity contribution is 0.570. The fourth-order valence-corrected chi connectivity index (χ4v) is 1.38. The van der Waals surface area contributed by atoms with Gasteiger partial charge in [0.15, 0.2) is 5.62 Å². The number of rotatable bonds is 3. The maximum Gasteiger partial charge on any atom is 0.204 e. The molecule has 0 atom stereocenters.